The van der Waals surface area contributed by atoms with E-state index in [0.29, 0.717) is 6.61 Å². The summed E-state index contributed by atoms with van der Waals surface area (Å²) in [7, 11) is 0. The van der Waals surface area contributed by atoms with Gasteiger partial charge in [-0.05, 0) is 87.2 Å². The Morgan fingerprint density at radius 3 is 2.37 bits per heavy atom. The van der Waals surface area contributed by atoms with Crippen molar-refractivity contribution in [1.29, 1.82) is 0 Å². The summed E-state index contributed by atoms with van der Waals surface area (Å²) >= 11 is 0. The molecule has 0 spiro atoms. The first-order valence-corrected chi connectivity index (χ1v) is 9.79. The Kier molecular flexibility index (Phi) is 6.46. The van der Waals surface area contributed by atoms with Crippen molar-refractivity contribution in [3.05, 3.63) is 70.3 Å². The highest BCUT2D eigenvalue weighted by Crippen LogP contribution is 2.23. The number of allylic oxidation sites excluding steroid dienone is 1. The topological polar surface area (TPSA) is 29.5 Å². The molecule has 1 fully saturated rings. The molecule has 1 aliphatic heterocycles. The maximum Gasteiger partial charge on any atom is 0.186 e. The number of carbonyl (C=O) groups excluding carboxylic acids is 1. The summed E-state index contributed by atoms with van der Waals surface area (Å²) < 4.78 is 5.94. The summed E-state index contributed by atoms with van der Waals surface area (Å²) in [4.78, 5) is 15.2. The largest absolute Gasteiger partial charge is 0.492 e. The monoisotopic (exact) mass is 363 g/mol. The Morgan fingerprint density at radius 2 is 1.70 bits per heavy atom. The summed E-state index contributed by atoms with van der Waals surface area (Å²) in [5.41, 5.74) is 4.93. The maximum atomic E-state index is 12.7. The minimum Gasteiger partial charge on any atom is -0.492 e. The van der Waals surface area contributed by atoms with Crippen molar-refractivity contribution >= 4 is 11.9 Å². The molecule has 2 aromatic rings. The second-order valence-electron chi connectivity index (χ2n) is 7.38. The fraction of sp³-hybridized carbons (Fsp3) is 0.375. The number of ketones is 1. The van der Waals surface area contributed by atoms with Gasteiger partial charge in [-0.25, -0.2) is 0 Å². The number of hydrogen-bond acceptors (Lipinski definition) is 3. The minimum atomic E-state index is 0.0388. The van der Waals surface area contributed by atoms with Crippen LogP contribution < -0.4 is 4.74 Å². The van der Waals surface area contributed by atoms with Gasteiger partial charge in [0.2, 0.25) is 0 Å². The first kappa shape index (κ1) is 19.4. The second-order valence-corrected chi connectivity index (χ2v) is 7.38. The van der Waals surface area contributed by atoms with E-state index >= 15 is 0 Å². The van der Waals surface area contributed by atoms with E-state index in [2.05, 4.69) is 17.9 Å². The zero-order chi connectivity index (χ0) is 19.2. The first-order chi connectivity index (χ1) is 13.0. The van der Waals surface area contributed by atoms with Gasteiger partial charge in [0.1, 0.15) is 12.4 Å². The van der Waals surface area contributed by atoms with E-state index in [1.807, 2.05) is 50.3 Å². The molecule has 0 N–H and O–H groups in total. The summed E-state index contributed by atoms with van der Waals surface area (Å²) in [5, 5.41) is 0. The van der Waals surface area contributed by atoms with Crippen molar-refractivity contribution in [2.75, 3.05) is 26.2 Å². The summed E-state index contributed by atoms with van der Waals surface area (Å²) in [6.45, 7) is 10.0. The standard InChI is InChI=1S/C24H29NO2/c1-18-8-4-5-9-21(18)10-11-23(26)24-19(2)16-22(17-20(24)3)27-15-14-25-12-6-7-13-25/h4-5,8-11,16-17H,6-7,12-15H2,1-3H3. The fourth-order valence-electron chi connectivity index (χ4n) is 3.72. The minimum absolute atomic E-state index is 0.0388. The van der Waals surface area contributed by atoms with Crippen molar-refractivity contribution in [2.45, 2.75) is 33.6 Å². The molecule has 142 valence electrons. The summed E-state index contributed by atoms with van der Waals surface area (Å²) in [5.74, 6) is 0.889. The van der Waals surface area contributed by atoms with Gasteiger partial charge in [-0.3, -0.25) is 9.69 Å². The van der Waals surface area contributed by atoms with Crippen molar-refractivity contribution < 1.29 is 9.53 Å². The van der Waals surface area contributed by atoms with Gasteiger partial charge in [-0.15, -0.1) is 0 Å². The average molecular weight is 364 g/mol. The van der Waals surface area contributed by atoms with Gasteiger partial charge < -0.3 is 4.74 Å². The third-order valence-electron chi connectivity index (χ3n) is 5.23. The van der Waals surface area contributed by atoms with Crippen LogP contribution in [0.1, 0.15) is 45.5 Å². The van der Waals surface area contributed by atoms with Crippen molar-refractivity contribution in [1.82, 2.24) is 4.90 Å². The van der Waals surface area contributed by atoms with Gasteiger partial charge >= 0.3 is 0 Å². The molecule has 0 unspecified atom stereocenters. The van der Waals surface area contributed by atoms with Gasteiger partial charge in [0.05, 0.1) is 0 Å². The third kappa shape index (κ3) is 5.08. The number of nitrogens with zero attached hydrogens (tertiary/aromatic N) is 1. The highest BCUT2D eigenvalue weighted by molar-refractivity contribution is 6.08. The number of hydrogen-bond donors (Lipinski definition) is 0. The lowest BCUT2D eigenvalue weighted by Gasteiger charge is -2.16. The number of benzene rings is 2. The molecule has 0 amide bonds. The van der Waals surface area contributed by atoms with Crippen molar-refractivity contribution in [2.24, 2.45) is 0 Å². The molecule has 0 saturated carbocycles. The Hall–Kier alpha value is -2.39. The quantitative estimate of drug-likeness (QED) is 0.513. The molecule has 3 rings (SSSR count). The lowest BCUT2D eigenvalue weighted by atomic mass is 9.97. The lowest BCUT2D eigenvalue weighted by molar-refractivity contribution is 0.104. The highest BCUT2D eigenvalue weighted by Gasteiger charge is 2.13. The van der Waals surface area contributed by atoms with Crippen LogP contribution in [0, 0.1) is 20.8 Å². The third-order valence-corrected chi connectivity index (χ3v) is 5.23. The molecule has 0 aliphatic carbocycles. The van der Waals surface area contributed by atoms with Crippen LogP contribution in [0.4, 0.5) is 0 Å². The fourth-order valence-corrected chi connectivity index (χ4v) is 3.72. The molecule has 27 heavy (non-hydrogen) atoms. The van der Waals surface area contributed by atoms with Gasteiger partial charge in [0, 0.05) is 12.1 Å². The first-order valence-electron chi connectivity index (χ1n) is 9.79. The Bertz CT molecular complexity index is 809. The van der Waals surface area contributed by atoms with Crippen LogP contribution >= 0.6 is 0 Å². The Labute approximate surface area is 162 Å². The van der Waals surface area contributed by atoms with Crippen LogP contribution in [0.2, 0.25) is 0 Å². The smallest absolute Gasteiger partial charge is 0.186 e. The molecule has 0 bridgehead atoms. The van der Waals surface area contributed by atoms with E-state index < -0.39 is 0 Å². The zero-order valence-corrected chi connectivity index (χ0v) is 16.6. The number of likely N-dealkylation sites (tertiary alicyclic amines) is 1. The van der Waals surface area contributed by atoms with E-state index in [-0.39, 0.29) is 5.78 Å². The molecule has 0 aromatic heterocycles. The number of aryl methyl sites for hydroxylation is 3. The summed E-state index contributed by atoms with van der Waals surface area (Å²) in [6, 6.07) is 12.0. The van der Waals surface area contributed by atoms with Gasteiger partial charge in [0.15, 0.2) is 5.78 Å². The van der Waals surface area contributed by atoms with Crippen LogP contribution in [0.25, 0.3) is 6.08 Å². The molecule has 3 heteroatoms. The van der Waals surface area contributed by atoms with Crippen LogP contribution in [0.5, 0.6) is 5.75 Å². The van der Waals surface area contributed by atoms with Gasteiger partial charge in [-0.2, -0.15) is 0 Å². The normalized spacial score (nSPS) is 14.8. The van der Waals surface area contributed by atoms with Crippen LogP contribution in [0.15, 0.2) is 42.5 Å². The molecule has 0 atom stereocenters. The molecule has 1 aliphatic rings. The molecule has 3 nitrogen and oxygen atoms in total. The lowest BCUT2D eigenvalue weighted by Crippen LogP contribution is -2.25. The van der Waals surface area contributed by atoms with E-state index in [0.717, 1.165) is 40.1 Å². The molecule has 1 saturated heterocycles. The SMILES string of the molecule is Cc1ccccc1C=CC(=O)c1c(C)cc(OCCN2CCCC2)cc1C. The molecular weight excluding hydrogens is 334 g/mol. The Balaban J connectivity index is 1.66. The highest BCUT2D eigenvalue weighted by atomic mass is 16.5. The van der Waals surface area contributed by atoms with Crippen LogP contribution in [0.3, 0.4) is 0 Å². The molecular formula is C24H29NO2. The molecule has 1 heterocycles. The number of ether oxygens (including phenoxy) is 1. The van der Waals surface area contributed by atoms with E-state index in [1.165, 1.54) is 25.9 Å². The van der Waals surface area contributed by atoms with Crippen molar-refractivity contribution in [3.63, 3.8) is 0 Å². The van der Waals surface area contributed by atoms with E-state index in [9.17, 15) is 4.79 Å². The predicted molar refractivity (Wildman–Crippen MR) is 112 cm³/mol. The average Bonchev–Trinajstić information content (AvgIpc) is 3.14. The second kappa shape index (κ2) is 9.01. The van der Waals surface area contributed by atoms with Gasteiger partial charge in [-0.1, -0.05) is 30.3 Å². The van der Waals surface area contributed by atoms with E-state index in [4.69, 9.17) is 4.74 Å². The van der Waals surface area contributed by atoms with Crippen LogP contribution in [-0.2, 0) is 0 Å². The zero-order valence-electron chi connectivity index (χ0n) is 16.6. The van der Waals surface area contributed by atoms with E-state index in [1.54, 1.807) is 6.08 Å². The summed E-state index contributed by atoms with van der Waals surface area (Å²) in [6.07, 6.45) is 6.17. The predicted octanol–water partition coefficient (Wildman–Crippen LogP) is 4.98. The number of rotatable bonds is 7. The molecule has 0 radical (unpaired) electrons. The van der Waals surface area contributed by atoms with Crippen LogP contribution in [-0.4, -0.2) is 36.9 Å². The van der Waals surface area contributed by atoms with Gasteiger partial charge in [0.25, 0.3) is 0 Å². The maximum absolute atomic E-state index is 12.7. The Morgan fingerprint density at radius 1 is 1.04 bits per heavy atom. The number of carbonyl (C=O) groups is 1. The molecule has 2 aromatic carbocycles. The van der Waals surface area contributed by atoms with Crippen molar-refractivity contribution in [3.8, 4) is 5.75 Å².